The van der Waals surface area contributed by atoms with E-state index in [0.29, 0.717) is 11.4 Å². The molecule has 0 fully saturated rings. The van der Waals surface area contributed by atoms with Gasteiger partial charge in [0.05, 0.1) is 12.4 Å². The summed E-state index contributed by atoms with van der Waals surface area (Å²) in [5.41, 5.74) is 0. The number of amides is 1. The van der Waals surface area contributed by atoms with Crippen LogP contribution in [0.4, 0.5) is 4.39 Å². The number of thioether (sulfide) groups is 1. The molecular formula is C13H18FNO2S. The van der Waals surface area contributed by atoms with Gasteiger partial charge in [-0.1, -0.05) is 12.1 Å². The number of benzene rings is 1. The molecule has 0 aliphatic heterocycles. The highest BCUT2D eigenvalue weighted by Gasteiger charge is 2.16. The molecular weight excluding hydrogens is 253 g/mol. The smallest absolute Gasteiger partial charge is 0.233 e. The van der Waals surface area contributed by atoms with Crippen LogP contribution in [-0.2, 0) is 4.79 Å². The monoisotopic (exact) mass is 271 g/mol. The lowest BCUT2D eigenvalue weighted by Crippen LogP contribution is -2.40. The zero-order chi connectivity index (χ0) is 13.5. The van der Waals surface area contributed by atoms with E-state index in [4.69, 9.17) is 5.11 Å². The molecule has 0 bridgehead atoms. The van der Waals surface area contributed by atoms with Crippen molar-refractivity contribution in [2.45, 2.75) is 24.8 Å². The van der Waals surface area contributed by atoms with Crippen molar-refractivity contribution in [3.63, 3.8) is 0 Å². The summed E-state index contributed by atoms with van der Waals surface area (Å²) < 4.78 is 13.4. The van der Waals surface area contributed by atoms with Crippen molar-refractivity contribution in [2.24, 2.45) is 0 Å². The van der Waals surface area contributed by atoms with Crippen molar-refractivity contribution in [1.82, 2.24) is 4.90 Å². The fourth-order valence-electron chi connectivity index (χ4n) is 1.56. The van der Waals surface area contributed by atoms with Crippen LogP contribution in [0.1, 0.15) is 13.8 Å². The second kappa shape index (κ2) is 7.38. The summed E-state index contributed by atoms with van der Waals surface area (Å²) in [6, 6.07) is 6.42. The van der Waals surface area contributed by atoms with E-state index in [0.717, 1.165) is 0 Å². The van der Waals surface area contributed by atoms with Gasteiger partial charge in [0, 0.05) is 17.5 Å². The molecule has 0 spiro atoms. The van der Waals surface area contributed by atoms with Gasteiger partial charge in [0.1, 0.15) is 5.82 Å². The zero-order valence-electron chi connectivity index (χ0n) is 10.6. The molecule has 1 amide bonds. The molecule has 5 heteroatoms. The molecule has 1 aromatic rings. The second-order valence-corrected chi connectivity index (χ2v) is 5.14. The van der Waals surface area contributed by atoms with Crippen LogP contribution in [0, 0.1) is 5.82 Å². The zero-order valence-corrected chi connectivity index (χ0v) is 11.4. The Kier molecular flexibility index (Phi) is 6.15. The largest absolute Gasteiger partial charge is 0.395 e. The summed E-state index contributed by atoms with van der Waals surface area (Å²) in [6.45, 7) is 4.03. The van der Waals surface area contributed by atoms with Gasteiger partial charge in [-0.25, -0.2) is 4.39 Å². The highest BCUT2D eigenvalue weighted by atomic mass is 32.2. The van der Waals surface area contributed by atoms with E-state index < -0.39 is 0 Å². The Morgan fingerprint density at radius 1 is 1.44 bits per heavy atom. The minimum absolute atomic E-state index is 0.0332. The highest BCUT2D eigenvalue weighted by Crippen LogP contribution is 2.21. The number of aliphatic hydroxyl groups excluding tert-OH is 1. The minimum atomic E-state index is -0.312. The van der Waals surface area contributed by atoms with Gasteiger partial charge < -0.3 is 10.0 Å². The van der Waals surface area contributed by atoms with Gasteiger partial charge in [-0.2, -0.15) is 0 Å². The predicted molar refractivity (Wildman–Crippen MR) is 71.1 cm³/mol. The van der Waals surface area contributed by atoms with E-state index in [9.17, 15) is 9.18 Å². The van der Waals surface area contributed by atoms with E-state index >= 15 is 0 Å². The third-order valence-corrected chi connectivity index (χ3v) is 3.51. The lowest BCUT2D eigenvalue weighted by Gasteiger charge is -2.25. The topological polar surface area (TPSA) is 40.5 Å². The van der Waals surface area contributed by atoms with Crippen LogP contribution in [0.2, 0.25) is 0 Å². The second-order valence-electron chi connectivity index (χ2n) is 4.12. The third kappa shape index (κ3) is 4.31. The molecule has 1 aromatic carbocycles. The molecule has 0 aliphatic rings. The molecule has 0 atom stereocenters. The fraction of sp³-hybridized carbons (Fsp3) is 0.462. The van der Waals surface area contributed by atoms with Crippen molar-refractivity contribution in [3.8, 4) is 0 Å². The molecule has 0 heterocycles. The average molecular weight is 271 g/mol. The van der Waals surface area contributed by atoms with E-state index in [-0.39, 0.29) is 30.1 Å². The Labute approximate surface area is 111 Å². The Morgan fingerprint density at radius 2 is 2.11 bits per heavy atom. The number of rotatable bonds is 6. The molecule has 0 aliphatic carbocycles. The maximum Gasteiger partial charge on any atom is 0.233 e. The minimum Gasteiger partial charge on any atom is -0.395 e. The fourth-order valence-corrected chi connectivity index (χ4v) is 2.39. The summed E-state index contributed by atoms with van der Waals surface area (Å²) in [5, 5.41) is 8.90. The van der Waals surface area contributed by atoms with Gasteiger partial charge in [0.25, 0.3) is 0 Å². The first-order chi connectivity index (χ1) is 8.56. The molecule has 0 saturated carbocycles. The Hall–Kier alpha value is -1.07. The van der Waals surface area contributed by atoms with Crippen LogP contribution in [0.5, 0.6) is 0 Å². The first-order valence-electron chi connectivity index (χ1n) is 5.84. The number of carbonyl (C=O) groups is 1. The van der Waals surface area contributed by atoms with Gasteiger partial charge >= 0.3 is 0 Å². The SMILES string of the molecule is CC(C)N(CCO)C(=O)CSc1ccccc1F. The Bertz CT molecular complexity index is 398. The number of carbonyl (C=O) groups excluding carboxylic acids is 1. The molecule has 0 radical (unpaired) electrons. The van der Waals surface area contributed by atoms with E-state index in [1.54, 1.807) is 23.1 Å². The van der Waals surface area contributed by atoms with Gasteiger partial charge in [-0.15, -0.1) is 11.8 Å². The number of hydrogen-bond donors (Lipinski definition) is 1. The molecule has 0 aromatic heterocycles. The van der Waals surface area contributed by atoms with Gasteiger partial charge in [0.2, 0.25) is 5.91 Å². The molecule has 3 nitrogen and oxygen atoms in total. The van der Waals surface area contributed by atoms with Crippen molar-refractivity contribution in [3.05, 3.63) is 30.1 Å². The van der Waals surface area contributed by atoms with E-state index in [1.165, 1.54) is 17.8 Å². The normalized spacial score (nSPS) is 10.7. The quantitative estimate of drug-likeness (QED) is 0.806. The summed E-state index contributed by atoms with van der Waals surface area (Å²) in [5.74, 6) is -0.222. The van der Waals surface area contributed by atoms with E-state index in [1.807, 2.05) is 13.8 Å². The van der Waals surface area contributed by atoms with Crippen molar-refractivity contribution < 1.29 is 14.3 Å². The van der Waals surface area contributed by atoms with E-state index in [2.05, 4.69) is 0 Å². The van der Waals surface area contributed by atoms with Crippen molar-refractivity contribution in [1.29, 1.82) is 0 Å². The number of halogens is 1. The maximum absolute atomic E-state index is 13.4. The Morgan fingerprint density at radius 3 is 2.67 bits per heavy atom. The first kappa shape index (κ1) is 15.0. The average Bonchev–Trinajstić information content (AvgIpc) is 2.34. The van der Waals surface area contributed by atoms with Crippen LogP contribution in [-0.4, -0.2) is 40.9 Å². The van der Waals surface area contributed by atoms with Gasteiger partial charge in [0.15, 0.2) is 0 Å². The molecule has 100 valence electrons. The van der Waals surface area contributed by atoms with Gasteiger partial charge in [-0.3, -0.25) is 4.79 Å². The van der Waals surface area contributed by atoms with Gasteiger partial charge in [-0.05, 0) is 26.0 Å². The number of nitrogens with zero attached hydrogens (tertiary/aromatic N) is 1. The van der Waals surface area contributed by atoms with Crippen LogP contribution in [0.25, 0.3) is 0 Å². The molecule has 0 saturated heterocycles. The number of hydrogen-bond acceptors (Lipinski definition) is 3. The van der Waals surface area contributed by atoms with Crippen LogP contribution < -0.4 is 0 Å². The van der Waals surface area contributed by atoms with Crippen molar-refractivity contribution >= 4 is 17.7 Å². The van der Waals surface area contributed by atoms with Crippen molar-refractivity contribution in [2.75, 3.05) is 18.9 Å². The van der Waals surface area contributed by atoms with Crippen LogP contribution >= 0.6 is 11.8 Å². The number of aliphatic hydroxyl groups is 1. The summed E-state index contributed by atoms with van der Waals surface area (Å²) in [6.07, 6.45) is 0. The first-order valence-corrected chi connectivity index (χ1v) is 6.82. The predicted octanol–water partition coefficient (Wildman–Crippen LogP) is 2.15. The molecule has 1 rings (SSSR count). The standard InChI is InChI=1S/C13H18FNO2S/c1-10(2)15(7-8-16)13(17)9-18-12-6-4-3-5-11(12)14/h3-6,10,16H,7-9H2,1-2H3. The van der Waals surface area contributed by atoms with Crippen LogP contribution in [0.15, 0.2) is 29.2 Å². The van der Waals surface area contributed by atoms with Crippen LogP contribution in [0.3, 0.4) is 0 Å². The summed E-state index contributed by atoms with van der Waals surface area (Å²) in [4.78, 5) is 14.0. The lowest BCUT2D eigenvalue weighted by molar-refractivity contribution is -0.130. The third-order valence-electron chi connectivity index (χ3n) is 2.47. The summed E-state index contributed by atoms with van der Waals surface area (Å²) >= 11 is 1.18. The summed E-state index contributed by atoms with van der Waals surface area (Å²) in [7, 11) is 0. The highest BCUT2D eigenvalue weighted by molar-refractivity contribution is 8.00. The molecule has 18 heavy (non-hydrogen) atoms. The lowest BCUT2D eigenvalue weighted by atomic mass is 10.3. The maximum atomic E-state index is 13.4. The Balaban J connectivity index is 2.57. The molecule has 0 unspecified atom stereocenters. The molecule has 1 N–H and O–H groups in total.